The van der Waals surface area contributed by atoms with Gasteiger partial charge in [-0.25, -0.2) is 8.42 Å². The van der Waals surface area contributed by atoms with Crippen LogP contribution in [0.15, 0.2) is 23.1 Å². The Kier molecular flexibility index (Phi) is 6.12. The summed E-state index contributed by atoms with van der Waals surface area (Å²) >= 11 is 0.898. The molecule has 0 heterocycles. The number of benzene rings is 1. The topological polar surface area (TPSA) is 60.2 Å². The van der Waals surface area contributed by atoms with Gasteiger partial charge in [0.1, 0.15) is 9.84 Å². The number of rotatable bonds is 6. The summed E-state index contributed by atoms with van der Waals surface area (Å²) in [5.74, 6) is -0.0644. The van der Waals surface area contributed by atoms with E-state index in [0.29, 0.717) is 12.0 Å². The van der Waals surface area contributed by atoms with Crippen LogP contribution in [0.5, 0.6) is 0 Å². The third kappa shape index (κ3) is 6.71. The lowest BCUT2D eigenvalue weighted by molar-refractivity contribution is -0.139. The van der Waals surface area contributed by atoms with Crippen LogP contribution in [0.3, 0.4) is 0 Å². The SMILES string of the molecule is CC(N)Cc1ccc(SCCS(C)(=O)=O)c(C(F)(F)F)c1. The molecule has 0 spiro atoms. The van der Waals surface area contributed by atoms with Crippen LogP contribution in [0.4, 0.5) is 13.2 Å². The first-order chi connectivity index (χ1) is 9.49. The van der Waals surface area contributed by atoms with Crippen molar-refractivity contribution in [2.45, 2.75) is 30.5 Å². The van der Waals surface area contributed by atoms with Gasteiger partial charge < -0.3 is 5.73 Å². The van der Waals surface area contributed by atoms with Gasteiger partial charge in [-0.05, 0) is 31.0 Å². The zero-order valence-corrected chi connectivity index (χ0v) is 13.4. The minimum Gasteiger partial charge on any atom is -0.328 e. The fourth-order valence-electron chi connectivity index (χ4n) is 1.73. The zero-order chi connectivity index (χ0) is 16.3. The number of halogens is 3. The molecule has 0 aliphatic rings. The highest BCUT2D eigenvalue weighted by atomic mass is 32.2. The fourth-order valence-corrected chi connectivity index (χ4v) is 3.98. The van der Waals surface area contributed by atoms with E-state index in [2.05, 4.69) is 0 Å². The first kappa shape index (κ1) is 18.3. The quantitative estimate of drug-likeness (QED) is 0.808. The van der Waals surface area contributed by atoms with E-state index < -0.39 is 21.6 Å². The Morgan fingerprint density at radius 3 is 2.43 bits per heavy atom. The summed E-state index contributed by atoms with van der Waals surface area (Å²) in [4.78, 5) is 0.0413. The number of sulfone groups is 1. The Morgan fingerprint density at radius 1 is 1.33 bits per heavy atom. The molecule has 3 nitrogen and oxygen atoms in total. The van der Waals surface area contributed by atoms with Gasteiger partial charge in [0.05, 0.1) is 11.3 Å². The molecular formula is C13H18F3NO2S2. The van der Waals surface area contributed by atoms with E-state index in [-0.39, 0.29) is 22.4 Å². The van der Waals surface area contributed by atoms with Crippen LogP contribution in [-0.2, 0) is 22.4 Å². The maximum absolute atomic E-state index is 13.1. The molecule has 1 atom stereocenters. The zero-order valence-electron chi connectivity index (χ0n) is 11.8. The summed E-state index contributed by atoms with van der Waals surface area (Å²) in [5.41, 5.74) is 5.38. The second-order valence-electron chi connectivity index (χ2n) is 4.99. The molecule has 1 aromatic rings. The molecule has 2 N–H and O–H groups in total. The molecule has 0 bridgehead atoms. The Labute approximate surface area is 127 Å². The Hall–Kier alpha value is -0.730. The van der Waals surface area contributed by atoms with Gasteiger partial charge in [-0.1, -0.05) is 6.07 Å². The lowest BCUT2D eigenvalue weighted by atomic mass is 10.0. The molecule has 1 rings (SSSR count). The molecule has 0 saturated carbocycles. The van der Waals surface area contributed by atoms with Crippen LogP contribution in [0.1, 0.15) is 18.1 Å². The predicted molar refractivity (Wildman–Crippen MR) is 79.2 cm³/mol. The van der Waals surface area contributed by atoms with Gasteiger partial charge in [0.15, 0.2) is 0 Å². The van der Waals surface area contributed by atoms with E-state index in [4.69, 9.17) is 5.73 Å². The first-order valence-corrected chi connectivity index (χ1v) is 9.30. The summed E-state index contributed by atoms with van der Waals surface area (Å²) in [6.45, 7) is 1.72. The monoisotopic (exact) mass is 341 g/mol. The summed E-state index contributed by atoms with van der Waals surface area (Å²) in [7, 11) is -3.19. The molecule has 8 heteroatoms. The fraction of sp³-hybridized carbons (Fsp3) is 0.538. The summed E-state index contributed by atoms with van der Waals surface area (Å²) in [5, 5.41) is 0. The molecule has 0 aromatic heterocycles. The van der Waals surface area contributed by atoms with Crippen molar-refractivity contribution in [2.24, 2.45) is 5.73 Å². The van der Waals surface area contributed by atoms with Crippen molar-refractivity contribution in [1.29, 1.82) is 0 Å². The van der Waals surface area contributed by atoms with Crippen LogP contribution in [0.25, 0.3) is 0 Å². The van der Waals surface area contributed by atoms with Crippen molar-refractivity contribution in [3.63, 3.8) is 0 Å². The average molecular weight is 341 g/mol. The number of alkyl halides is 3. The van der Waals surface area contributed by atoms with Crippen molar-refractivity contribution < 1.29 is 21.6 Å². The number of thioether (sulfide) groups is 1. The predicted octanol–water partition coefficient (Wildman–Crippen LogP) is 2.73. The molecule has 1 unspecified atom stereocenters. The minimum atomic E-state index is -4.47. The van der Waals surface area contributed by atoms with Gasteiger partial charge in [-0.15, -0.1) is 11.8 Å². The average Bonchev–Trinajstić information content (AvgIpc) is 2.27. The third-order valence-electron chi connectivity index (χ3n) is 2.62. The Morgan fingerprint density at radius 2 is 1.95 bits per heavy atom. The van der Waals surface area contributed by atoms with E-state index in [1.807, 2.05) is 0 Å². The highest BCUT2D eigenvalue weighted by Gasteiger charge is 2.33. The van der Waals surface area contributed by atoms with E-state index in [1.165, 1.54) is 6.07 Å². The summed E-state index contributed by atoms with van der Waals surface area (Å²) in [6, 6.07) is 3.84. The van der Waals surface area contributed by atoms with E-state index in [1.54, 1.807) is 13.0 Å². The maximum Gasteiger partial charge on any atom is 0.417 e. The number of hydrogen-bond donors (Lipinski definition) is 1. The lowest BCUT2D eigenvalue weighted by Crippen LogP contribution is -2.18. The molecule has 0 aliphatic carbocycles. The summed E-state index contributed by atoms with van der Waals surface area (Å²) in [6.07, 6.45) is -3.05. The molecule has 0 amide bonds. The molecule has 0 radical (unpaired) electrons. The molecule has 1 aromatic carbocycles. The Balaban J connectivity index is 2.97. The van der Waals surface area contributed by atoms with Gasteiger partial charge in [0.25, 0.3) is 0 Å². The molecular weight excluding hydrogens is 323 g/mol. The van der Waals surface area contributed by atoms with Crippen molar-refractivity contribution in [3.05, 3.63) is 29.3 Å². The number of nitrogens with two attached hydrogens (primary N) is 1. The number of hydrogen-bond acceptors (Lipinski definition) is 4. The highest BCUT2D eigenvalue weighted by Crippen LogP contribution is 2.37. The van der Waals surface area contributed by atoms with Crippen LogP contribution < -0.4 is 5.73 Å². The van der Waals surface area contributed by atoms with E-state index in [9.17, 15) is 21.6 Å². The van der Waals surface area contributed by atoms with Gasteiger partial charge in [0, 0.05) is 22.9 Å². The van der Waals surface area contributed by atoms with Crippen LogP contribution in [0, 0.1) is 0 Å². The molecule has 21 heavy (non-hydrogen) atoms. The minimum absolute atomic E-state index is 0.0413. The van der Waals surface area contributed by atoms with Crippen LogP contribution in [-0.4, -0.2) is 32.2 Å². The van der Waals surface area contributed by atoms with Crippen molar-refractivity contribution in [1.82, 2.24) is 0 Å². The second kappa shape index (κ2) is 7.02. The molecule has 0 fully saturated rings. The van der Waals surface area contributed by atoms with Gasteiger partial charge in [-0.3, -0.25) is 0 Å². The second-order valence-corrected chi connectivity index (χ2v) is 8.38. The molecule has 0 aliphatic heterocycles. The Bertz CT molecular complexity index is 584. The van der Waals surface area contributed by atoms with Gasteiger partial charge in [-0.2, -0.15) is 13.2 Å². The van der Waals surface area contributed by atoms with E-state index in [0.717, 1.165) is 24.1 Å². The third-order valence-corrected chi connectivity index (χ3v) is 4.90. The van der Waals surface area contributed by atoms with Crippen LogP contribution >= 0.6 is 11.8 Å². The van der Waals surface area contributed by atoms with Gasteiger partial charge >= 0.3 is 6.18 Å². The van der Waals surface area contributed by atoms with Gasteiger partial charge in [0.2, 0.25) is 0 Å². The molecule has 0 saturated heterocycles. The normalized spacial score (nSPS) is 14.2. The maximum atomic E-state index is 13.1. The highest BCUT2D eigenvalue weighted by molar-refractivity contribution is 8.00. The largest absolute Gasteiger partial charge is 0.417 e. The van der Waals surface area contributed by atoms with Crippen molar-refractivity contribution in [3.8, 4) is 0 Å². The molecule has 120 valence electrons. The van der Waals surface area contributed by atoms with Crippen LogP contribution in [0.2, 0.25) is 0 Å². The standard InChI is InChI=1S/C13H18F3NO2S2/c1-9(17)7-10-3-4-12(11(8-10)13(14,15)16)20-5-6-21(2,18)19/h3-4,8-9H,5-7,17H2,1-2H3. The smallest absolute Gasteiger partial charge is 0.328 e. The van der Waals surface area contributed by atoms with Crippen molar-refractivity contribution >= 4 is 21.6 Å². The first-order valence-electron chi connectivity index (χ1n) is 6.25. The van der Waals surface area contributed by atoms with Crippen molar-refractivity contribution in [2.75, 3.05) is 17.8 Å². The summed E-state index contributed by atoms with van der Waals surface area (Å²) < 4.78 is 61.3. The lowest BCUT2D eigenvalue weighted by Gasteiger charge is -2.15. The van der Waals surface area contributed by atoms with E-state index >= 15 is 0 Å².